The third-order valence-corrected chi connectivity index (χ3v) is 6.23. The number of ether oxygens (including phenoxy) is 1. The molecule has 0 bridgehead atoms. The van der Waals surface area contributed by atoms with E-state index in [0.29, 0.717) is 0 Å². The van der Waals surface area contributed by atoms with Gasteiger partial charge < -0.3 is 9.84 Å². The zero-order valence-electron chi connectivity index (χ0n) is 14.5. The van der Waals surface area contributed by atoms with E-state index in [-0.39, 0.29) is 11.5 Å². The lowest BCUT2D eigenvalue weighted by Crippen LogP contribution is -2.28. The summed E-state index contributed by atoms with van der Waals surface area (Å²) in [4.78, 5) is 12.0. The van der Waals surface area contributed by atoms with Gasteiger partial charge in [-0.05, 0) is 26.0 Å². The van der Waals surface area contributed by atoms with Crippen LogP contribution in [-0.4, -0.2) is 69.9 Å². The number of sulfonamides is 1. The molecule has 2 rings (SSSR count). The molecule has 1 unspecified atom stereocenters. The molecule has 1 aliphatic heterocycles. The molecule has 1 aromatic rings. The Morgan fingerprint density at radius 3 is 2.31 bits per heavy atom. The number of esters is 1. The molecule has 0 saturated carbocycles. The summed E-state index contributed by atoms with van der Waals surface area (Å²) in [6.07, 6.45) is -0.713. The summed E-state index contributed by atoms with van der Waals surface area (Å²) < 4.78 is 57.9. The van der Waals surface area contributed by atoms with Crippen LogP contribution in [0.4, 0.5) is 0 Å². The third-order valence-electron chi connectivity index (χ3n) is 3.77. The van der Waals surface area contributed by atoms with Crippen LogP contribution in [0.2, 0.25) is 0 Å². The van der Waals surface area contributed by atoms with Crippen LogP contribution in [0, 0.1) is 6.92 Å². The van der Waals surface area contributed by atoms with Crippen LogP contribution in [0.3, 0.4) is 0 Å². The monoisotopic (exact) mass is 407 g/mol. The largest absolute Gasteiger partial charge is 0.465 e. The van der Waals surface area contributed by atoms with Gasteiger partial charge in [-0.1, -0.05) is 17.7 Å². The second-order valence-corrected chi connectivity index (χ2v) is 9.38. The number of benzene rings is 1. The lowest BCUT2D eigenvalue weighted by molar-refractivity contribution is -0.143. The van der Waals surface area contributed by atoms with Gasteiger partial charge in [0.25, 0.3) is 10.1 Å². The highest BCUT2D eigenvalue weighted by Crippen LogP contribution is 2.39. The van der Waals surface area contributed by atoms with Gasteiger partial charge in [-0.15, -0.1) is 0 Å². The SMILES string of the molecule is CCOC(=O)[C@@H]1[C@H]([C@H](O)COS(C)(=O)=O)N1S(=O)(=O)c1ccc(C)cc1. The molecule has 1 fully saturated rings. The molecule has 9 nitrogen and oxygen atoms in total. The van der Waals surface area contributed by atoms with Crippen molar-refractivity contribution >= 4 is 26.1 Å². The van der Waals surface area contributed by atoms with Gasteiger partial charge in [0.05, 0.1) is 36.5 Å². The van der Waals surface area contributed by atoms with E-state index in [2.05, 4.69) is 4.18 Å². The normalized spacial score (nSPS) is 24.1. The van der Waals surface area contributed by atoms with Gasteiger partial charge in [0.1, 0.15) is 6.04 Å². The number of aryl methyl sites for hydroxylation is 1. The summed E-state index contributed by atoms with van der Waals surface area (Å²) in [6, 6.07) is 3.59. The van der Waals surface area contributed by atoms with Gasteiger partial charge in [0.2, 0.25) is 10.0 Å². The Labute approximate surface area is 152 Å². The van der Waals surface area contributed by atoms with Gasteiger partial charge in [0, 0.05) is 0 Å². The van der Waals surface area contributed by atoms with Crippen LogP contribution in [0.25, 0.3) is 0 Å². The first-order chi connectivity index (χ1) is 12.0. The van der Waals surface area contributed by atoms with Gasteiger partial charge in [-0.3, -0.25) is 8.98 Å². The summed E-state index contributed by atoms with van der Waals surface area (Å²) in [5.41, 5.74) is 0.856. The molecule has 0 amide bonds. The number of hydrogen-bond acceptors (Lipinski definition) is 8. The van der Waals surface area contributed by atoms with Crippen molar-refractivity contribution in [3.05, 3.63) is 29.8 Å². The van der Waals surface area contributed by atoms with E-state index in [9.17, 15) is 26.7 Å². The molecular formula is C15H21NO8S2. The molecule has 0 aliphatic carbocycles. The summed E-state index contributed by atoms with van der Waals surface area (Å²) in [6.45, 7) is 2.73. The smallest absolute Gasteiger partial charge is 0.326 e. The zero-order chi connectivity index (χ0) is 19.7. The number of carbonyl (C=O) groups excluding carboxylic acids is 1. The number of carbonyl (C=O) groups is 1. The average molecular weight is 407 g/mol. The molecule has 146 valence electrons. The lowest BCUT2D eigenvalue weighted by atomic mass is 10.2. The maximum atomic E-state index is 12.8. The van der Waals surface area contributed by atoms with Gasteiger partial charge >= 0.3 is 5.97 Å². The van der Waals surface area contributed by atoms with Crippen LogP contribution < -0.4 is 0 Å². The Morgan fingerprint density at radius 2 is 1.81 bits per heavy atom. The molecule has 0 aromatic heterocycles. The molecule has 4 atom stereocenters. The van der Waals surface area contributed by atoms with E-state index < -0.39 is 50.9 Å². The quantitative estimate of drug-likeness (QED) is 0.351. The maximum Gasteiger partial charge on any atom is 0.326 e. The summed E-state index contributed by atoms with van der Waals surface area (Å²) in [7, 11) is -7.90. The number of hydrogen-bond donors (Lipinski definition) is 1. The lowest BCUT2D eigenvalue weighted by Gasteiger charge is -2.10. The van der Waals surface area contributed by atoms with Crippen LogP contribution in [-0.2, 0) is 33.9 Å². The van der Waals surface area contributed by atoms with Crippen molar-refractivity contribution in [2.24, 2.45) is 0 Å². The molecule has 1 aromatic carbocycles. The second kappa shape index (κ2) is 7.61. The molecule has 1 aliphatic rings. The summed E-state index contributed by atoms with van der Waals surface area (Å²) in [5, 5.41) is 10.2. The Balaban J connectivity index is 2.28. The van der Waals surface area contributed by atoms with E-state index >= 15 is 0 Å². The van der Waals surface area contributed by atoms with E-state index in [0.717, 1.165) is 16.1 Å². The molecule has 1 N–H and O–H groups in total. The number of rotatable bonds is 8. The van der Waals surface area contributed by atoms with E-state index in [4.69, 9.17) is 4.74 Å². The van der Waals surface area contributed by atoms with Crippen LogP contribution in [0.5, 0.6) is 0 Å². The van der Waals surface area contributed by atoms with Crippen molar-refractivity contribution in [3.63, 3.8) is 0 Å². The van der Waals surface area contributed by atoms with Crippen molar-refractivity contribution in [2.75, 3.05) is 19.5 Å². The number of nitrogens with zero attached hydrogens (tertiary/aromatic N) is 1. The Bertz CT molecular complexity index is 863. The summed E-state index contributed by atoms with van der Waals surface area (Å²) in [5.74, 6) is -0.813. The van der Waals surface area contributed by atoms with E-state index in [1.165, 1.54) is 12.1 Å². The minimum absolute atomic E-state index is 0.0381. The zero-order valence-corrected chi connectivity index (χ0v) is 16.2. The first kappa shape index (κ1) is 20.8. The molecule has 1 saturated heterocycles. The number of aliphatic hydroxyl groups excluding tert-OH is 1. The van der Waals surface area contributed by atoms with Gasteiger partial charge in [0.15, 0.2) is 0 Å². The molecule has 11 heteroatoms. The predicted octanol–water partition coefficient (Wildman–Crippen LogP) is -0.363. The average Bonchev–Trinajstić information content (AvgIpc) is 3.29. The first-order valence-electron chi connectivity index (χ1n) is 7.78. The van der Waals surface area contributed by atoms with E-state index in [1.807, 2.05) is 0 Å². The topological polar surface area (TPSA) is 127 Å². The summed E-state index contributed by atoms with van der Waals surface area (Å²) >= 11 is 0. The fraction of sp³-hybridized carbons (Fsp3) is 0.533. The fourth-order valence-electron chi connectivity index (χ4n) is 2.51. The molecule has 1 heterocycles. The Morgan fingerprint density at radius 1 is 1.23 bits per heavy atom. The van der Waals surface area contributed by atoms with Gasteiger partial charge in [-0.2, -0.15) is 12.7 Å². The van der Waals surface area contributed by atoms with Crippen LogP contribution in [0.15, 0.2) is 29.2 Å². The van der Waals surface area contributed by atoms with Crippen molar-refractivity contribution in [1.29, 1.82) is 0 Å². The maximum absolute atomic E-state index is 12.8. The van der Waals surface area contributed by atoms with Crippen LogP contribution >= 0.6 is 0 Å². The van der Waals surface area contributed by atoms with Crippen molar-refractivity contribution in [3.8, 4) is 0 Å². The highest BCUT2D eigenvalue weighted by Gasteiger charge is 2.63. The minimum Gasteiger partial charge on any atom is -0.465 e. The first-order valence-corrected chi connectivity index (χ1v) is 11.0. The molecule has 0 radical (unpaired) electrons. The Hall–Kier alpha value is -1.53. The highest BCUT2D eigenvalue weighted by molar-refractivity contribution is 7.89. The Kier molecular flexibility index (Phi) is 6.08. The van der Waals surface area contributed by atoms with Gasteiger partial charge in [-0.25, -0.2) is 8.42 Å². The number of aliphatic hydroxyl groups is 1. The second-order valence-electron chi connectivity index (χ2n) is 5.89. The van der Waals surface area contributed by atoms with E-state index in [1.54, 1.807) is 26.0 Å². The highest BCUT2D eigenvalue weighted by atomic mass is 32.2. The standard InChI is InChI=1S/C15H21NO8S2/c1-4-23-15(18)14-13(12(17)9-24-25(3,19)20)16(14)26(21,22)11-7-5-10(2)6-8-11/h5-8,12-14,17H,4,9H2,1-3H3/t12-,13+,14+,16?/m1/s1. The predicted molar refractivity (Wildman–Crippen MR) is 91.2 cm³/mol. The van der Waals surface area contributed by atoms with Crippen molar-refractivity contribution < 1.29 is 35.7 Å². The molecule has 0 spiro atoms. The fourth-order valence-corrected chi connectivity index (χ4v) is 4.65. The molecule has 26 heavy (non-hydrogen) atoms. The molecular weight excluding hydrogens is 386 g/mol. The minimum atomic E-state index is -4.08. The van der Waals surface area contributed by atoms with Crippen molar-refractivity contribution in [1.82, 2.24) is 4.31 Å². The third kappa shape index (κ3) is 4.60. The van der Waals surface area contributed by atoms with Crippen LogP contribution in [0.1, 0.15) is 12.5 Å². The van der Waals surface area contributed by atoms with Crippen molar-refractivity contribution in [2.45, 2.75) is 36.9 Å².